The number of benzene rings is 3. The zero-order chi connectivity index (χ0) is 34.1. The van der Waals surface area contributed by atoms with Crippen molar-refractivity contribution in [1.29, 1.82) is 0 Å². The lowest BCUT2D eigenvalue weighted by atomic mass is 9.17. The largest absolute Gasteiger partial charge is 0.416 e. The Morgan fingerprint density at radius 2 is 0.432 bits per heavy atom. The van der Waals surface area contributed by atoms with Crippen molar-refractivity contribution in [3.05, 3.63) is 88.0 Å². The van der Waals surface area contributed by atoms with Crippen LogP contribution in [0.1, 0.15) is 33.4 Å². The van der Waals surface area contributed by atoms with Crippen molar-refractivity contribution in [3.8, 4) is 0 Å². The Hall–Kier alpha value is -3.54. The molecule has 44 heavy (non-hydrogen) atoms. The second-order valence-corrected chi connectivity index (χ2v) is 9.82. The van der Waals surface area contributed by atoms with E-state index >= 15 is 0 Å². The summed E-state index contributed by atoms with van der Waals surface area (Å²) in [6.07, 6.45) is -38.4. The lowest BCUT2D eigenvalue weighted by Crippen LogP contribution is -2.65. The lowest BCUT2D eigenvalue weighted by Gasteiger charge is -2.41. The normalized spacial score (nSPS) is 14.2. The minimum atomic E-state index is -5.68. The van der Waals surface area contributed by atoms with Crippen molar-refractivity contribution in [1.82, 2.24) is 0 Å². The summed E-state index contributed by atoms with van der Waals surface area (Å²) in [6.45, 7) is 0.362. The molecule has 0 nitrogen and oxygen atoms in total. The molecule has 0 atom stereocenters. The van der Waals surface area contributed by atoms with Gasteiger partial charge in [-0.3, -0.25) is 0 Å². The monoisotopic (exact) mass is 665 g/mol. The third-order valence-electron chi connectivity index (χ3n) is 6.83. The Labute approximate surface area is 234 Å². The molecule has 3 rings (SSSR count). The predicted octanol–water partition coefficient (Wildman–Crippen LogP) is 8.90. The molecule has 0 bridgehead atoms. The molecule has 0 heterocycles. The van der Waals surface area contributed by atoms with E-state index in [-0.39, 0.29) is 36.4 Å². The fraction of sp³-hybridized carbons (Fsp3) is 0.280. The molecule has 0 spiro atoms. The number of hydrogen-bond acceptors (Lipinski definition) is 0. The van der Waals surface area contributed by atoms with Crippen LogP contribution in [0.3, 0.4) is 0 Å². The summed E-state index contributed by atoms with van der Waals surface area (Å²) in [5.41, 5.74) is -17.6. The summed E-state index contributed by atoms with van der Waals surface area (Å²) in [4.78, 5) is 0. The van der Waals surface area contributed by atoms with Crippen molar-refractivity contribution in [2.45, 2.75) is 43.9 Å². The van der Waals surface area contributed by atoms with Crippen LogP contribution in [0.25, 0.3) is 0 Å². The highest BCUT2D eigenvalue weighted by atomic mass is 19.4. The van der Waals surface area contributed by atoms with E-state index in [4.69, 9.17) is 0 Å². The molecule has 0 fully saturated rings. The van der Waals surface area contributed by atoms with Gasteiger partial charge in [-0.15, -0.1) is 0 Å². The van der Waals surface area contributed by atoms with Gasteiger partial charge in [-0.25, -0.2) is 0 Å². The van der Waals surface area contributed by atoms with Gasteiger partial charge in [0.15, 0.2) is 0 Å². The highest BCUT2D eigenvalue weighted by Gasteiger charge is 2.43. The van der Waals surface area contributed by atoms with Gasteiger partial charge in [0.2, 0.25) is 0 Å². The summed E-state index contributed by atoms with van der Waals surface area (Å²) in [6, 6.07) is -2.69. The molecule has 0 saturated carbocycles. The first kappa shape index (κ1) is 34.9. The first-order valence-corrected chi connectivity index (χ1v) is 11.5. The van der Waals surface area contributed by atoms with Crippen molar-refractivity contribution in [2.75, 3.05) is 0 Å². The maximum absolute atomic E-state index is 13.7. The molecule has 0 saturated heterocycles. The second kappa shape index (κ2) is 10.5. The van der Waals surface area contributed by atoms with Gasteiger partial charge >= 0.3 is 37.1 Å². The summed E-state index contributed by atoms with van der Waals surface area (Å²) in [5.74, 6) is 0. The molecule has 3 aromatic rings. The molecule has 3 aromatic carbocycles. The van der Waals surface area contributed by atoms with Crippen LogP contribution in [-0.4, -0.2) is 6.15 Å². The fourth-order valence-corrected chi connectivity index (χ4v) is 4.51. The first-order valence-electron chi connectivity index (χ1n) is 11.5. The fourth-order valence-electron chi connectivity index (χ4n) is 4.51. The minimum Gasteiger partial charge on any atom is -0.199 e. The topological polar surface area (TPSA) is 0 Å². The molecule has 0 aliphatic heterocycles. The molecule has 0 unspecified atom stereocenters. The van der Waals surface area contributed by atoms with Crippen LogP contribution in [0, 0.1) is 0 Å². The van der Waals surface area contributed by atoms with Crippen LogP contribution >= 0.6 is 0 Å². The zero-order valence-corrected chi connectivity index (χ0v) is 21.1. The molecule has 0 aromatic heterocycles. The van der Waals surface area contributed by atoms with Gasteiger partial charge in [0, 0.05) is 0 Å². The third-order valence-corrected chi connectivity index (χ3v) is 6.83. The van der Waals surface area contributed by atoms with Crippen LogP contribution in [0.2, 0.25) is 6.82 Å². The molecular weight excluding hydrogens is 653 g/mol. The molecule has 0 aliphatic rings. The van der Waals surface area contributed by atoms with E-state index in [9.17, 15) is 79.0 Å². The van der Waals surface area contributed by atoms with Crippen molar-refractivity contribution in [3.63, 3.8) is 0 Å². The van der Waals surface area contributed by atoms with Crippen LogP contribution in [0.15, 0.2) is 54.6 Å². The molecule has 0 radical (unpaired) electrons. The summed E-state index contributed by atoms with van der Waals surface area (Å²) in [7, 11) is 0. The smallest absolute Gasteiger partial charge is 0.199 e. The SMILES string of the molecule is C[B-](c1cc(C(F)(F)F)cc(C(F)(F)F)c1)(c1cc(C(F)(F)F)cc(C(F)(F)F)c1)c1cc(C(F)(F)F)cc(C(F)(F)F)c1. The van der Waals surface area contributed by atoms with Crippen LogP contribution in [0.4, 0.5) is 79.0 Å². The number of halogens is 18. The lowest BCUT2D eigenvalue weighted by molar-refractivity contribution is -0.144. The van der Waals surface area contributed by atoms with E-state index < -0.39 is 111 Å². The first-order chi connectivity index (χ1) is 19.4. The third kappa shape index (κ3) is 7.22. The number of rotatable bonds is 3. The van der Waals surface area contributed by atoms with Crippen molar-refractivity contribution >= 4 is 22.5 Å². The maximum Gasteiger partial charge on any atom is 0.416 e. The number of alkyl halides is 18. The van der Waals surface area contributed by atoms with E-state index in [1.165, 1.54) is 0 Å². The summed E-state index contributed by atoms with van der Waals surface area (Å²) in [5, 5.41) is 0. The Kier molecular flexibility index (Phi) is 8.36. The van der Waals surface area contributed by atoms with Gasteiger partial charge in [-0.05, 0) is 18.2 Å². The Balaban J connectivity index is 2.68. The van der Waals surface area contributed by atoms with Gasteiger partial charge in [0.1, 0.15) is 0 Å². The van der Waals surface area contributed by atoms with E-state index in [2.05, 4.69) is 0 Å². The van der Waals surface area contributed by atoms with Gasteiger partial charge in [-0.1, -0.05) is 36.4 Å². The Bertz CT molecular complexity index is 1250. The Morgan fingerprint density at radius 3 is 0.545 bits per heavy atom. The van der Waals surface area contributed by atoms with Crippen LogP contribution in [0.5, 0.6) is 0 Å². The van der Waals surface area contributed by atoms with Crippen molar-refractivity contribution < 1.29 is 79.0 Å². The standard InChI is InChI=1S/C25H12BF18/c1-26(17-5-11(20(27,28)29)2-12(6-17)21(30,31)32,18-7-13(22(33,34)35)3-14(8-18)23(36,37)38)19-9-15(24(39,40)41)4-16(10-19)25(42,43)44/h2-10H,1H3/q-1. The molecule has 0 aliphatic carbocycles. The molecular formula is C25H12BF18-. The maximum atomic E-state index is 13.7. The summed E-state index contributed by atoms with van der Waals surface area (Å²) < 4.78 is 246. The average Bonchev–Trinajstić information content (AvgIpc) is 2.84. The van der Waals surface area contributed by atoms with E-state index in [1.807, 2.05) is 0 Å². The predicted molar refractivity (Wildman–Crippen MR) is 120 cm³/mol. The molecule has 0 amide bonds. The molecule has 19 heteroatoms. The van der Waals surface area contributed by atoms with E-state index in [0.29, 0.717) is 6.82 Å². The second-order valence-electron chi connectivity index (χ2n) is 9.82. The van der Waals surface area contributed by atoms with E-state index in [1.54, 1.807) is 0 Å². The van der Waals surface area contributed by atoms with Crippen LogP contribution in [-0.2, 0) is 37.1 Å². The van der Waals surface area contributed by atoms with Gasteiger partial charge < -0.3 is 0 Å². The van der Waals surface area contributed by atoms with E-state index in [0.717, 1.165) is 0 Å². The number of hydrogen-bond donors (Lipinski definition) is 0. The highest BCUT2D eigenvalue weighted by Crippen LogP contribution is 2.39. The van der Waals surface area contributed by atoms with Gasteiger partial charge in [-0.2, -0.15) is 102 Å². The zero-order valence-electron chi connectivity index (χ0n) is 21.1. The average molecular weight is 665 g/mol. The van der Waals surface area contributed by atoms with Crippen molar-refractivity contribution in [2.24, 2.45) is 0 Å². The quantitative estimate of drug-likeness (QED) is 0.194. The minimum absolute atomic E-state index is 0.198. The van der Waals surface area contributed by atoms with Gasteiger partial charge in [0.05, 0.1) is 39.5 Å². The van der Waals surface area contributed by atoms with Crippen LogP contribution < -0.4 is 16.4 Å². The van der Waals surface area contributed by atoms with Gasteiger partial charge in [0.25, 0.3) is 0 Å². The highest BCUT2D eigenvalue weighted by molar-refractivity contribution is 7.10. The Morgan fingerprint density at radius 1 is 0.295 bits per heavy atom. The molecule has 242 valence electrons. The molecule has 0 N–H and O–H groups in total. The summed E-state index contributed by atoms with van der Waals surface area (Å²) >= 11 is 0.